The second-order valence-corrected chi connectivity index (χ2v) is 4.36. The number of carbonyl (C=O) groups is 1. The van der Waals surface area contributed by atoms with Crippen LogP contribution in [-0.2, 0) is 9.53 Å². The van der Waals surface area contributed by atoms with Gasteiger partial charge in [-0.3, -0.25) is 10.1 Å². The molecule has 1 aromatic rings. The van der Waals surface area contributed by atoms with Crippen molar-refractivity contribution in [3.05, 3.63) is 27.4 Å². The van der Waals surface area contributed by atoms with Gasteiger partial charge in [0.15, 0.2) is 0 Å². The molecule has 0 radical (unpaired) electrons. The van der Waals surface area contributed by atoms with Crippen molar-refractivity contribution in [3.8, 4) is 0 Å². The van der Waals surface area contributed by atoms with Crippen LogP contribution in [0, 0.1) is 10.1 Å². The molecule has 20 heavy (non-hydrogen) atoms. The van der Waals surface area contributed by atoms with Crippen LogP contribution in [0.25, 0.3) is 0 Å². The van der Waals surface area contributed by atoms with Gasteiger partial charge in [-0.15, -0.1) is 0 Å². The average Bonchev–Trinajstić information content (AvgIpc) is 2.39. The summed E-state index contributed by atoms with van der Waals surface area (Å²) in [4.78, 5) is 24.8. The molecule has 0 saturated heterocycles. The quantitative estimate of drug-likeness (QED) is 0.428. The number of rotatable bonds is 8. The van der Waals surface area contributed by atoms with Crippen molar-refractivity contribution in [2.75, 3.05) is 19.0 Å². The van der Waals surface area contributed by atoms with Crippen molar-refractivity contribution in [2.24, 2.45) is 0 Å². The number of ether oxygens (including phenoxy) is 1. The van der Waals surface area contributed by atoms with Crippen molar-refractivity contribution < 1.29 is 19.6 Å². The number of halogens is 1. The van der Waals surface area contributed by atoms with Crippen LogP contribution in [0.15, 0.2) is 12.3 Å². The lowest BCUT2D eigenvalue weighted by Gasteiger charge is -2.15. The molecule has 110 valence electrons. The van der Waals surface area contributed by atoms with Gasteiger partial charge >= 0.3 is 5.97 Å². The van der Waals surface area contributed by atoms with Gasteiger partial charge in [-0.2, -0.15) is 0 Å². The first kappa shape index (κ1) is 16.1. The van der Waals surface area contributed by atoms with Crippen molar-refractivity contribution in [2.45, 2.75) is 18.9 Å². The highest BCUT2D eigenvalue weighted by atomic mass is 35.5. The third-order valence-electron chi connectivity index (χ3n) is 2.49. The molecule has 1 aromatic heterocycles. The van der Waals surface area contributed by atoms with E-state index in [4.69, 9.17) is 21.4 Å². The number of aliphatic carboxylic acids is 1. The summed E-state index contributed by atoms with van der Waals surface area (Å²) in [7, 11) is 1.53. The fourth-order valence-corrected chi connectivity index (χ4v) is 1.70. The number of nitro groups is 1. The van der Waals surface area contributed by atoms with E-state index in [-0.39, 0.29) is 16.5 Å². The highest BCUT2D eigenvalue weighted by Crippen LogP contribution is 2.24. The summed E-state index contributed by atoms with van der Waals surface area (Å²) in [5, 5.41) is 22.3. The first-order valence-corrected chi connectivity index (χ1v) is 6.11. The van der Waals surface area contributed by atoms with E-state index in [1.54, 1.807) is 0 Å². The maximum absolute atomic E-state index is 11.1. The number of aromatic nitrogens is 1. The predicted molar refractivity (Wildman–Crippen MR) is 72.1 cm³/mol. The molecule has 0 aliphatic carbocycles. The summed E-state index contributed by atoms with van der Waals surface area (Å²) in [6.45, 7) is 0.437. The first-order valence-electron chi connectivity index (χ1n) is 5.74. The van der Waals surface area contributed by atoms with E-state index >= 15 is 0 Å². The van der Waals surface area contributed by atoms with Crippen LogP contribution < -0.4 is 5.32 Å². The molecule has 1 heterocycles. The van der Waals surface area contributed by atoms with E-state index in [0.29, 0.717) is 19.4 Å². The smallest absolute Gasteiger partial charge is 0.326 e. The Morgan fingerprint density at radius 2 is 2.40 bits per heavy atom. The topological polar surface area (TPSA) is 115 Å². The summed E-state index contributed by atoms with van der Waals surface area (Å²) in [6.07, 6.45) is 1.88. The number of nitrogens with zero attached hydrogens (tertiary/aromatic N) is 2. The van der Waals surface area contributed by atoms with Gasteiger partial charge in [0, 0.05) is 19.8 Å². The molecular formula is C11H14ClN3O5. The molecule has 8 nitrogen and oxygen atoms in total. The van der Waals surface area contributed by atoms with Crippen LogP contribution in [0.1, 0.15) is 12.8 Å². The monoisotopic (exact) mass is 303 g/mol. The highest BCUT2D eigenvalue weighted by molar-refractivity contribution is 6.33. The number of carboxylic acid groups (broad SMARTS) is 1. The van der Waals surface area contributed by atoms with Gasteiger partial charge in [-0.1, -0.05) is 11.6 Å². The summed E-state index contributed by atoms with van der Waals surface area (Å²) in [5.41, 5.74) is -0.258. The zero-order valence-electron chi connectivity index (χ0n) is 10.7. The van der Waals surface area contributed by atoms with Crippen molar-refractivity contribution in [3.63, 3.8) is 0 Å². The molecule has 9 heteroatoms. The van der Waals surface area contributed by atoms with Crippen molar-refractivity contribution in [1.82, 2.24) is 4.98 Å². The lowest BCUT2D eigenvalue weighted by atomic mass is 10.1. The molecule has 0 bridgehead atoms. The fourth-order valence-electron chi connectivity index (χ4n) is 1.49. The predicted octanol–water partition coefficient (Wildman–Crippen LogP) is 1.93. The van der Waals surface area contributed by atoms with Crippen LogP contribution in [0.3, 0.4) is 0 Å². The highest BCUT2D eigenvalue weighted by Gasteiger charge is 2.19. The standard InChI is InChI=1S/C11H14ClN3O5/c1-20-4-2-3-9(11(16)17)14-10-8(12)5-7(6-13-10)15(18)19/h5-6,9H,2-4H2,1H3,(H,13,14)(H,16,17). The van der Waals surface area contributed by atoms with Crippen LogP contribution in [0.5, 0.6) is 0 Å². The zero-order valence-corrected chi connectivity index (χ0v) is 11.5. The second-order valence-electron chi connectivity index (χ2n) is 3.95. The molecule has 1 atom stereocenters. The minimum atomic E-state index is -1.06. The maximum Gasteiger partial charge on any atom is 0.326 e. The molecule has 0 amide bonds. The molecule has 0 aromatic carbocycles. The zero-order chi connectivity index (χ0) is 15.1. The van der Waals surface area contributed by atoms with E-state index in [2.05, 4.69) is 10.3 Å². The summed E-state index contributed by atoms with van der Waals surface area (Å²) >= 11 is 5.84. The third kappa shape index (κ3) is 4.63. The largest absolute Gasteiger partial charge is 0.480 e. The van der Waals surface area contributed by atoms with Gasteiger partial charge in [-0.05, 0) is 12.8 Å². The Labute approximate surface area is 119 Å². The van der Waals surface area contributed by atoms with Gasteiger partial charge in [0.1, 0.15) is 18.1 Å². The minimum absolute atomic E-state index is 0.00260. The van der Waals surface area contributed by atoms with Gasteiger partial charge in [0.25, 0.3) is 5.69 Å². The van der Waals surface area contributed by atoms with Crippen LogP contribution in [0.4, 0.5) is 11.5 Å². The van der Waals surface area contributed by atoms with Crippen LogP contribution >= 0.6 is 11.6 Å². The van der Waals surface area contributed by atoms with E-state index in [1.165, 1.54) is 7.11 Å². The van der Waals surface area contributed by atoms with Gasteiger partial charge in [0.2, 0.25) is 0 Å². The Morgan fingerprint density at radius 3 is 2.90 bits per heavy atom. The lowest BCUT2D eigenvalue weighted by molar-refractivity contribution is -0.385. The SMILES string of the molecule is COCCCC(Nc1ncc([N+](=O)[O-])cc1Cl)C(=O)O. The molecule has 1 unspecified atom stereocenters. The molecule has 0 fully saturated rings. The number of pyridine rings is 1. The van der Waals surface area contributed by atoms with Crippen LogP contribution in [-0.4, -0.2) is 40.7 Å². The minimum Gasteiger partial charge on any atom is -0.480 e. The molecule has 0 spiro atoms. The van der Waals surface area contributed by atoms with E-state index in [0.717, 1.165) is 12.3 Å². The van der Waals surface area contributed by atoms with Gasteiger partial charge < -0.3 is 15.2 Å². The van der Waals surface area contributed by atoms with Crippen molar-refractivity contribution in [1.29, 1.82) is 0 Å². The molecule has 1 rings (SSSR count). The van der Waals surface area contributed by atoms with E-state index in [1.807, 2.05) is 0 Å². The Hall–Kier alpha value is -1.93. The number of hydrogen-bond donors (Lipinski definition) is 2. The third-order valence-corrected chi connectivity index (χ3v) is 2.78. The lowest BCUT2D eigenvalue weighted by Crippen LogP contribution is -2.30. The molecule has 0 saturated carbocycles. The van der Waals surface area contributed by atoms with Gasteiger partial charge in [0.05, 0.1) is 9.95 Å². The molecule has 0 aliphatic heterocycles. The molecular weight excluding hydrogens is 290 g/mol. The van der Waals surface area contributed by atoms with Gasteiger partial charge in [-0.25, -0.2) is 9.78 Å². The molecule has 2 N–H and O–H groups in total. The Kier molecular flexibility index (Phi) is 6.13. The summed E-state index contributed by atoms with van der Waals surface area (Å²) in [5.74, 6) is -0.959. The maximum atomic E-state index is 11.1. The van der Waals surface area contributed by atoms with Crippen LogP contribution in [0.2, 0.25) is 5.02 Å². The Bertz CT molecular complexity index is 497. The average molecular weight is 304 g/mol. The molecule has 0 aliphatic rings. The summed E-state index contributed by atoms with van der Waals surface area (Å²) < 4.78 is 4.85. The van der Waals surface area contributed by atoms with E-state index < -0.39 is 16.9 Å². The number of anilines is 1. The number of nitrogens with one attached hydrogen (secondary N) is 1. The fraction of sp³-hybridized carbons (Fsp3) is 0.455. The number of carboxylic acids is 1. The number of methoxy groups -OCH3 is 1. The number of hydrogen-bond acceptors (Lipinski definition) is 6. The second kappa shape index (κ2) is 7.61. The summed E-state index contributed by atoms with van der Waals surface area (Å²) in [6, 6.07) is 0.224. The first-order chi connectivity index (χ1) is 9.45. The van der Waals surface area contributed by atoms with Crippen molar-refractivity contribution >= 4 is 29.1 Å². The Morgan fingerprint density at radius 1 is 1.70 bits per heavy atom. The van der Waals surface area contributed by atoms with E-state index in [9.17, 15) is 14.9 Å². The Balaban J connectivity index is 2.78. The normalized spacial score (nSPS) is 11.9.